The molecule has 0 rings (SSSR count). The van der Waals surface area contributed by atoms with Gasteiger partial charge in [0.2, 0.25) is 0 Å². The van der Waals surface area contributed by atoms with Crippen molar-refractivity contribution in [3.63, 3.8) is 0 Å². The minimum Gasteiger partial charge on any atom is -0.480 e. The second kappa shape index (κ2) is 3.95. The lowest BCUT2D eigenvalue weighted by atomic mass is 9.96. The molecule has 3 nitrogen and oxygen atoms in total. The molecule has 0 saturated heterocycles. The molecular weight excluding hydrogens is 187 g/mol. The lowest BCUT2D eigenvalue weighted by Crippen LogP contribution is -2.48. The Morgan fingerprint density at radius 2 is 1.85 bits per heavy atom. The molecule has 0 unspecified atom stereocenters. The first-order valence-electron chi connectivity index (χ1n) is 3.70. The number of carbonyl (C=O) groups is 1. The van der Waals surface area contributed by atoms with Crippen LogP contribution in [0.4, 0.5) is 13.2 Å². The Morgan fingerprint density at radius 1 is 1.38 bits per heavy atom. The summed E-state index contributed by atoms with van der Waals surface area (Å²) in [6, 6.07) is 0. The Morgan fingerprint density at radius 3 is 2.08 bits per heavy atom. The van der Waals surface area contributed by atoms with E-state index < -0.39 is 30.5 Å². The maximum atomic E-state index is 11.8. The van der Waals surface area contributed by atoms with Crippen LogP contribution in [-0.4, -0.2) is 29.8 Å². The number of nitrogens with one attached hydrogen (secondary N) is 1. The highest BCUT2D eigenvalue weighted by atomic mass is 19.4. The molecule has 13 heavy (non-hydrogen) atoms. The Hall–Kier alpha value is -0.780. The van der Waals surface area contributed by atoms with Gasteiger partial charge < -0.3 is 10.4 Å². The van der Waals surface area contributed by atoms with Crippen molar-refractivity contribution in [3.8, 4) is 0 Å². The topological polar surface area (TPSA) is 49.3 Å². The lowest BCUT2D eigenvalue weighted by molar-refractivity contribution is -0.151. The van der Waals surface area contributed by atoms with Crippen LogP contribution in [0.5, 0.6) is 0 Å². The number of carboxylic acid groups (broad SMARTS) is 1. The van der Waals surface area contributed by atoms with E-state index in [1.54, 1.807) is 0 Å². The first kappa shape index (κ1) is 12.2. The molecule has 0 fully saturated rings. The van der Waals surface area contributed by atoms with Crippen LogP contribution in [0.1, 0.15) is 19.8 Å². The van der Waals surface area contributed by atoms with Gasteiger partial charge in [0, 0.05) is 6.42 Å². The number of carboxylic acids is 1. The first-order valence-corrected chi connectivity index (χ1v) is 3.70. The van der Waals surface area contributed by atoms with Crippen molar-refractivity contribution in [1.29, 1.82) is 0 Å². The van der Waals surface area contributed by atoms with Gasteiger partial charge in [0.25, 0.3) is 0 Å². The van der Waals surface area contributed by atoms with Crippen molar-refractivity contribution in [1.82, 2.24) is 5.32 Å². The molecule has 0 aromatic carbocycles. The van der Waals surface area contributed by atoms with Crippen molar-refractivity contribution in [3.05, 3.63) is 0 Å². The smallest absolute Gasteiger partial charge is 0.389 e. The molecule has 1 atom stereocenters. The molecule has 0 aromatic heterocycles. The summed E-state index contributed by atoms with van der Waals surface area (Å²) in [5.74, 6) is -1.28. The predicted octanol–water partition coefficient (Wildman–Crippen LogP) is 1.39. The maximum absolute atomic E-state index is 11.8. The van der Waals surface area contributed by atoms with Crippen molar-refractivity contribution >= 4 is 5.97 Å². The number of aliphatic carboxylic acids is 1. The van der Waals surface area contributed by atoms with Gasteiger partial charge in [-0.1, -0.05) is 0 Å². The molecule has 2 N–H and O–H groups in total. The van der Waals surface area contributed by atoms with E-state index in [0.717, 1.165) is 0 Å². The van der Waals surface area contributed by atoms with E-state index in [4.69, 9.17) is 5.11 Å². The fraction of sp³-hybridized carbons (Fsp3) is 0.857. The van der Waals surface area contributed by atoms with Gasteiger partial charge in [0.1, 0.15) is 5.54 Å². The molecule has 78 valence electrons. The first-order chi connectivity index (χ1) is 5.71. The monoisotopic (exact) mass is 199 g/mol. The van der Waals surface area contributed by atoms with E-state index in [1.807, 2.05) is 0 Å². The van der Waals surface area contributed by atoms with Crippen LogP contribution in [0.3, 0.4) is 0 Å². The second-order valence-corrected chi connectivity index (χ2v) is 3.00. The Bertz CT molecular complexity index is 193. The molecule has 6 heteroatoms. The van der Waals surface area contributed by atoms with Crippen LogP contribution in [0.25, 0.3) is 0 Å². The van der Waals surface area contributed by atoms with E-state index in [1.165, 1.54) is 14.0 Å². The highest BCUT2D eigenvalue weighted by molar-refractivity contribution is 5.78. The summed E-state index contributed by atoms with van der Waals surface area (Å²) in [7, 11) is 1.32. The summed E-state index contributed by atoms with van der Waals surface area (Å²) in [5, 5.41) is 11.0. The molecule has 0 bridgehead atoms. The van der Waals surface area contributed by atoms with Crippen LogP contribution in [0.15, 0.2) is 0 Å². The van der Waals surface area contributed by atoms with E-state index in [0.29, 0.717) is 0 Å². The summed E-state index contributed by atoms with van der Waals surface area (Å²) in [4.78, 5) is 10.5. The van der Waals surface area contributed by atoms with Gasteiger partial charge >= 0.3 is 12.1 Å². The van der Waals surface area contributed by atoms with Gasteiger partial charge in [-0.25, -0.2) is 0 Å². The summed E-state index contributed by atoms with van der Waals surface area (Å²) in [6.07, 6.45) is -5.88. The average Bonchev–Trinajstić information content (AvgIpc) is 1.98. The van der Waals surface area contributed by atoms with Gasteiger partial charge in [-0.15, -0.1) is 0 Å². The van der Waals surface area contributed by atoms with E-state index in [9.17, 15) is 18.0 Å². The predicted molar refractivity (Wildman–Crippen MR) is 40.4 cm³/mol. The fourth-order valence-corrected chi connectivity index (χ4v) is 0.731. The Balaban J connectivity index is 4.22. The normalized spacial score (nSPS) is 16.7. The summed E-state index contributed by atoms with van der Waals surface area (Å²) in [6.45, 7) is 1.22. The number of halogens is 3. The number of likely N-dealkylation sites (N-methyl/N-ethyl adjacent to an activating group) is 1. The number of hydrogen-bond acceptors (Lipinski definition) is 2. The Kier molecular flexibility index (Phi) is 3.71. The van der Waals surface area contributed by atoms with Crippen molar-refractivity contribution in [2.24, 2.45) is 0 Å². The molecule has 0 aromatic rings. The van der Waals surface area contributed by atoms with Gasteiger partial charge in [-0.2, -0.15) is 13.2 Å². The number of hydrogen-bond donors (Lipinski definition) is 2. The molecular formula is C7H12F3NO2. The van der Waals surface area contributed by atoms with Crippen LogP contribution < -0.4 is 5.32 Å². The van der Waals surface area contributed by atoms with Crippen LogP contribution in [0, 0.1) is 0 Å². The standard InChI is InChI=1S/C7H12F3NO2/c1-6(11-2,5(12)13)3-4-7(8,9)10/h11H,3-4H2,1-2H3,(H,12,13)/t6-/m0/s1. The minimum atomic E-state index is -4.31. The van der Waals surface area contributed by atoms with Crippen LogP contribution in [0.2, 0.25) is 0 Å². The van der Waals surface area contributed by atoms with Gasteiger partial charge in [0.05, 0.1) is 0 Å². The van der Waals surface area contributed by atoms with E-state index in [-0.39, 0.29) is 0 Å². The molecule has 0 aliphatic rings. The van der Waals surface area contributed by atoms with Crippen LogP contribution >= 0.6 is 0 Å². The quantitative estimate of drug-likeness (QED) is 0.719. The molecule has 0 aliphatic heterocycles. The fourth-order valence-electron chi connectivity index (χ4n) is 0.731. The lowest BCUT2D eigenvalue weighted by Gasteiger charge is -2.24. The highest BCUT2D eigenvalue weighted by Crippen LogP contribution is 2.25. The second-order valence-electron chi connectivity index (χ2n) is 3.00. The Labute approximate surface area is 73.9 Å². The zero-order valence-electron chi connectivity index (χ0n) is 7.40. The van der Waals surface area contributed by atoms with Gasteiger partial charge in [0.15, 0.2) is 0 Å². The molecule has 0 aliphatic carbocycles. The van der Waals surface area contributed by atoms with E-state index in [2.05, 4.69) is 5.32 Å². The van der Waals surface area contributed by atoms with Crippen molar-refractivity contribution in [2.75, 3.05) is 7.05 Å². The minimum absolute atomic E-state index is 0.470. The zero-order valence-corrected chi connectivity index (χ0v) is 7.40. The van der Waals surface area contributed by atoms with Gasteiger partial charge in [-0.05, 0) is 20.4 Å². The molecule has 0 saturated carbocycles. The summed E-state index contributed by atoms with van der Waals surface area (Å²) < 4.78 is 35.3. The molecule has 0 heterocycles. The van der Waals surface area contributed by atoms with E-state index >= 15 is 0 Å². The number of alkyl halides is 3. The van der Waals surface area contributed by atoms with Crippen molar-refractivity contribution < 1.29 is 23.1 Å². The molecule has 0 radical (unpaired) electrons. The third-order valence-electron chi connectivity index (χ3n) is 1.93. The molecule has 0 spiro atoms. The maximum Gasteiger partial charge on any atom is 0.389 e. The van der Waals surface area contributed by atoms with Crippen molar-refractivity contribution in [2.45, 2.75) is 31.5 Å². The largest absolute Gasteiger partial charge is 0.480 e. The molecule has 0 amide bonds. The summed E-state index contributed by atoms with van der Waals surface area (Å²) >= 11 is 0. The average molecular weight is 199 g/mol. The van der Waals surface area contributed by atoms with Crippen LogP contribution in [-0.2, 0) is 4.79 Å². The summed E-state index contributed by atoms with van der Waals surface area (Å²) in [5.41, 5.74) is -1.50. The zero-order chi connectivity index (χ0) is 10.7. The third-order valence-corrected chi connectivity index (χ3v) is 1.93. The van der Waals surface area contributed by atoms with Gasteiger partial charge in [-0.3, -0.25) is 4.79 Å². The third kappa shape index (κ3) is 4.12. The highest BCUT2D eigenvalue weighted by Gasteiger charge is 2.37. The SMILES string of the molecule is CN[C@@](C)(CCC(F)(F)F)C(=O)O. The number of rotatable bonds is 4.